The second kappa shape index (κ2) is 8.86. The van der Waals surface area contributed by atoms with Crippen LogP contribution in [0, 0.1) is 0 Å². The third kappa shape index (κ3) is 4.31. The number of oxime groups is 1. The molecule has 0 saturated carbocycles. The Morgan fingerprint density at radius 2 is 1.73 bits per heavy atom. The second-order valence-corrected chi connectivity index (χ2v) is 5.71. The van der Waals surface area contributed by atoms with Crippen molar-refractivity contribution in [2.24, 2.45) is 10.1 Å². The van der Waals surface area contributed by atoms with E-state index in [1.54, 1.807) is 29.8 Å². The summed E-state index contributed by atoms with van der Waals surface area (Å²) in [6, 6.07) is 5.13. The molecule has 1 heterocycles. The smallest absolute Gasteiger partial charge is 0.358 e. The van der Waals surface area contributed by atoms with Gasteiger partial charge in [0.1, 0.15) is 12.1 Å². The summed E-state index contributed by atoms with van der Waals surface area (Å²) in [4.78, 5) is 20.1. The number of ether oxygens (including phenoxy) is 3. The molecule has 0 saturated heterocycles. The van der Waals surface area contributed by atoms with Crippen molar-refractivity contribution in [3.05, 3.63) is 34.7 Å². The quantitative estimate of drug-likeness (QED) is 0.560. The third-order valence-corrected chi connectivity index (χ3v) is 4.11. The van der Waals surface area contributed by atoms with Crippen molar-refractivity contribution >= 4 is 34.2 Å². The van der Waals surface area contributed by atoms with Crippen molar-refractivity contribution in [1.29, 1.82) is 0 Å². The van der Waals surface area contributed by atoms with Crippen LogP contribution in [0.25, 0.3) is 0 Å². The summed E-state index contributed by atoms with van der Waals surface area (Å²) in [5.74, 6) is 0.346. The maximum Gasteiger partial charge on any atom is 0.358 e. The van der Waals surface area contributed by atoms with Crippen molar-refractivity contribution in [3.8, 4) is 17.2 Å². The number of carbonyl (C=O) groups is 1. The molecule has 9 heteroatoms. The molecule has 0 amide bonds. The lowest BCUT2D eigenvalue weighted by Crippen LogP contribution is -2.13. The minimum atomic E-state index is -1.18. The maximum absolute atomic E-state index is 11.2. The summed E-state index contributed by atoms with van der Waals surface area (Å²) in [6.45, 7) is 0. The molecule has 0 aliphatic rings. The molecular formula is C17H18N2O6S. The fraction of sp³-hybridized carbons (Fsp3) is 0.235. The van der Waals surface area contributed by atoms with Crippen LogP contribution in [-0.2, 0) is 9.63 Å². The van der Waals surface area contributed by atoms with E-state index < -0.39 is 5.97 Å². The number of benzene rings is 1. The Morgan fingerprint density at radius 3 is 2.23 bits per heavy atom. The molecule has 8 nitrogen and oxygen atoms in total. The predicted molar refractivity (Wildman–Crippen MR) is 98.9 cm³/mol. The van der Waals surface area contributed by atoms with Gasteiger partial charge in [0.05, 0.1) is 21.3 Å². The van der Waals surface area contributed by atoms with Gasteiger partial charge in [-0.1, -0.05) is 5.16 Å². The van der Waals surface area contributed by atoms with Crippen molar-refractivity contribution in [2.75, 3.05) is 28.4 Å². The standard InChI is InChI=1S/C17H18N2O6S/c1-22-12-5-10(6-13(23-2)16(12)24-3)8-18-14-7-11(9-26-14)15(17(20)21)19-25-4/h5-9H,1-4H3,(H,20,21)/b18-8+,19-15+. The molecule has 2 rings (SSSR count). The van der Waals surface area contributed by atoms with E-state index in [1.165, 1.54) is 39.8 Å². The van der Waals surface area contributed by atoms with Crippen LogP contribution in [0.15, 0.2) is 33.7 Å². The Labute approximate surface area is 154 Å². The third-order valence-electron chi connectivity index (χ3n) is 3.27. The first-order chi connectivity index (χ1) is 12.5. The molecule has 0 fully saturated rings. The monoisotopic (exact) mass is 378 g/mol. The van der Waals surface area contributed by atoms with Gasteiger partial charge in [0.15, 0.2) is 17.2 Å². The van der Waals surface area contributed by atoms with Gasteiger partial charge in [0.2, 0.25) is 5.75 Å². The molecule has 1 aromatic carbocycles. The predicted octanol–water partition coefficient (Wildman–Crippen LogP) is 2.96. The zero-order chi connectivity index (χ0) is 19.1. The number of methoxy groups -OCH3 is 3. The van der Waals surface area contributed by atoms with Crippen LogP contribution in [-0.4, -0.2) is 51.4 Å². The first kappa shape index (κ1) is 19.3. The fourth-order valence-electron chi connectivity index (χ4n) is 2.14. The molecule has 0 unspecified atom stereocenters. The molecule has 138 valence electrons. The zero-order valence-corrected chi connectivity index (χ0v) is 15.5. The van der Waals surface area contributed by atoms with E-state index in [-0.39, 0.29) is 5.71 Å². The molecule has 2 aromatic rings. The molecule has 0 aliphatic carbocycles. The molecule has 0 bridgehead atoms. The lowest BCUT2D eigenvalue weighted by atomic mass is 10.2. The number of aliphatic carboxylic acids is 1. The summed E-state index contributed by atoms with van der Waals surface area (Å²) >= 11 is 1.28. The summed E-state index contributed by atoms with van der Waals surface area (Å²) in [6.07, 6.45) is 1.62. The van der Waals surface area contributed by atoms with Gasteiger partial charge in [-0.05, 0) is 18.2 Å². The van der Waals surface area contributed by atoms with Crippen LogP contribution >= 0.6 is 11.3 Å². The minimum absolute atomic E-state index is 0.182. The molecule has 0 aliphatic heterocycles. The largest absolute Gasteiger partial charge is 0.493 e. The van der Waals surface area contributed by atoms with E-state index >= 15 is 0 Å². The SMILES string of the molecule is CO/N=C(/C(=O)O)c1csc(/N=C/c2cc(OC)c(OC)c(OC)c2)c1. The second-order valence-electron chi connectivity index (χ2n) is 4.82. The maximum atomic E-state index is 11.2. The number of hydrogen-bond donors (Lipinski definition) is 1. The van der Waals surface area contributed by atoms with Crippen molar-refractivity contribution < 1.29 is 28.9 Å². The van der Waals surface area contributed by atoms with Gasteiger partial charge in [-0.3, -0.25) is 0 Å². The number of hydrogen-bond acceptors (Lipinski definition) is 8. The van der Waals surface area contributed by atoms with E-state index in [2.05, 4.69) is 15.0 Å². The van der Waals surface area contributed by atoms with Gasteiger partial charge >= 0.3 is 5.97 Å². The fourth-order valence-corrected chi connectivity index (χ4v) is 2.87. The number of thiophene rings is 1. The van der Waals surface area contributed by atoms with Gasteiger partial charge < -0.3 is 24.2 Å². The number of rotatable bonds is 8. The van der Waals surface area contributed by atoms with E-state index in [0.717, 1.165) is 5.56 Å². The molecule has 1 N–H and O–H groups in total. The topological polar surface area (TPSA) is 98.9 Å². The van der Waals surface area contributed by atoms with Crippen molar-refractivity contribution in [1.82, 2.24) is 0 Å². The van der Waals surface area contributed by atoms with Gasteiger partial charge in [0.25, 0.3) is 0 Å². The molecule has 26 heavy (non-hydrogen) atoms. The van der Waals surface area contributed by atoms with Crippen LogP contribution in [0.3, 0.4) is 0 Å². The number of carboxylic acids is 1. The lowest BCUT2D eigenvalue weighted by Gasteiger charge is -2.12. The summed E-state index contributed by atoms with van der Waals surface area (Å²) in [7, 11) is 5.89. The summed E-state index contributed by atoms with van der Waals surface area (Å²) in [5.41, 5.74) is 0.970. The van der Waals surface area contributed by atoms with E-state index in [9.17, 15) is 4.79 Å². The Balaban J connectivity index is 2.31. The number of aliphatic imine (C=N–C) groups is 1. The van der Waals surface area contributed by atoms with Crippen LogP contribution < -0.4 is 14.2 Å². The molecule has 0 atom stereocenters. The number of carboxylic acid groups (broad SMARTS) is 1. The Bertz CT molecular complexity index is 819. The average molecular weight is 378 g/mol. The number of nitrogens with zero attached hydrogens (tertiary/aromatic N) is 2. The Morgan fingerprint density at radius 1 is 1.08 bits per heavy atom. The minimum Gasteiger partial charge on any atom is -0.493 e. The molecule has 1 aromatic heterocycles. The van der Waals surface area contributed by atoms with Gasteiger partial charge in [-0.15, -0.1) is 11.3 Å². The molecule has 0 radical (unpaired) electrons. The van der Waals surface area contributed by atoms with Gasteiger partial charge in [0, 0.05) is 22.7 Å². The van der Waals surface area contributed by atoms with Crippen LogP contribution in [0.5, 0.6) is 17.2 Å². The van der Waals surface area contributed by atoms with Gasteiger partial charge in [-0.25, -0.2) is 9.79 Å². The van der Waals surface area contributed by atoms with Crippen LogP contribution in [0.2, 0.25) is 0 Å². The van der Waals surface area contributed by atoms with Crippen LogP contribution in [0.4, 0.5) is 5.00 Å². The van der Waals surface area contributed by atoms with Crippen molar-refractivity contribution in [3.63, 3.8) is 0 Å². The first-order valence-corrected chi connectivity index (χ1v) is 8.19. The summed E-state index contributed by atoms with van der Waals surface area (Å²) in [5, 5.41) is 14.9. The highest BCUT2D eigenvalue weighted by Gasteiger charge is 2.16. The summed E-state index contributed by atoms with van der Waals surface area (Å²) < 4.78 is 15.9. The Kier molecular flexibility index (Phi) is 6.56. The highest BCUT2D eigenvalue weighted by molar-refractivity contribution is 7.14. The highest BCUT2D eigenvalue weighted by Crippen LogP contribution is 2.38. The van der Waals surface area contributed by atoms with E-state index in [4.69, 9.17) is 19.3 Å². The van der Waals surface area contributed by atoms with Gasteiger partial charge in [-0.2, -0.15) is 0 Å². The highest BCUT2D eigenvalue weighted by atomic mass is 32.1. The Hall–Kier alpha value is -3.07. The van der Waals surface area contributed by atoms with Crippen molar-refractivity contribution in [2.45, 2.75) is 0 Å². The van der Waals surface area contributed by atoms with Crippen LogP contribution in [0.1, 0.15) is 11.1 Å². The average Bonchev–Trinajstić information content (AvgIpc) is 3.11. The molecule has 0 spiro atoms. The molecular weight excluding hydrogens is 360 g/mol. The lowest BCUT2D eigenvalue weighted by molar-refractivity contribution is -0.129. The normalized spacial score (nSPS) is 11.5. The zero-order valence-electron chi connectivity index (χ0n) is 14.7. The van der Waals surface area contributed by atoms with E-state index in [1.807, 2.05) is 0 Å². The van der Waals surface area contributed by atoms with E-state index in [0.29, 0.717) is 27.8 Å². The first-order valence-electron chi connectivity index (χ1n) is 7.31.